The Bertz CT molecular complexity index is 1000. The summed E-state index contributed by atoms with van der Waals surface area (Å²) in [7, 11) is 1.49. The van der Waals surface area contributed by atoms with E-state index in [0.717, 1.165) is 31.5 Å². The summed E-state index contributed by atoms with van der Waals surface area (Å²) in [4.78, 5) is 15.2. The van der Waals surface area contributed by atoms with E-state index in [0.29, 0.717) is 34.6 Å². The third-order valence-corrected chi connectivity index (χ3v) is 5.15. The minimum atomic E-state index is -0.174. The van der Waals surface area contributed by atoms with Crippen LogP contribution < -0.4 is 10.2 Å². The van der Waals surface area contributed by atoms with Crippen molar-refractivity contribution in [1.82, 2.24) is 4.90 Å². The molecule has 140 valence electrons. The molecule has 2 aromatic carbocycles. The highest BCUT2D eigenvalue weighted by atomic mass is 16.5. The summed E-state index contributed by atoms with van der Waals surface area (Å²) >= 11 is 0. The molecule has 4 rings (SSSR count). The monoisotopic (exact) mass is 365 g/mol. The first kappa shape index (κ1) is 17.6. The first-order valence-electron chi connectivity index (χ1n) is 9.32. The average Bonchev–Trinajstić information content (AvgIpc) is 2.71. The number of phenols is 1. The van der Waals surface area contributed by atoms with Crippen LogP contribution in [0.3, 0.4) is 0 Å². The third-order valence-electron chi connectivity index (χ3n) is 5.15. The zero-order valence-corrected chi connectivity index (χ0v) is 15.4. The van der Waals surface area contributed by atoms with Gasteiger partial charge in [0.1, 0.15) is 22.6 Å². The number of likely N-dealkylation sites (tertiary alicyclic amines) is 1. The van der Waals surface area contributed by atoms with Crippen molar-refractivity contribution >= 4 is 11.0 Å². The molecular formula is C22H23NO4. The number of ether oxygens (including phenoxy) is 1. The molecule has 1 aromatic heterocycles. The van der Waals surface area contributed by atoms with Crippen LogP contribution in [0.2, 0.25) is 0 Å². The fourth-order valence-electron chi connectivity index (χ4n) is 3.74. The van der Waals surface area contributed by atoms with Crippen molar-refractivity contribution in [2.45, 2.75) is 25.8 Å². The third kappa shape index (κ3) is 3.43. The number of nitrogens with zero attached hydrogens (tertiary/aromatic N) is 1. The fourth-order valence-corrected chi connectivity index (χ4v) is 3.74. The van der Waals surface area contributed by atoms with Gasteiger partial charge in [0.05, 0.1) is 12.7 Å². The van der Waals surface area contributed by atoms with Gasteiger partial charge in [-0.15, -0.1) is 0 Å². The molecule has 2 heterocycles. The molecule has 0 atom stereocenters. The molecule has 0 radical (unpaired) electrons. The molecule has 1 fully saturated rings. The van der Waals surface area contributed by atoms with Gasteiger partial charge in [-0.3, -0.25) is 9.69 Å². The standard InChI is InChI=1S/C22H23NO4/c1-26-20-12-17(24)16(14-23-10-6-3-7-11-23)22-21(20)18(25)13-19(27-22)15-8-4-2-5-9-15/h2,4-5,8-9,12-13,24H,3,6-7,10-11,14H2,1H3. The first-order valence-corrected chi connectivity index (χ1v) is 9.32. The highest BCUT2D eigenvalue weighted by molar-refractivity contribution is 5.89. The van der Waals surface area contributed by atoms with Gasteiger partial charge in [-0.25, -0.2) is 0 Å². The van der Waals surface area contributed by atoms with Gasteiger partial charge in [0.2, 0.25) is 0 Å². The van der Waals surface area contributed by atoms with Crippen molar-refractivity contribution in [2.24, 2.45) is 0 Å². The van der Waals surface area contributed by atoms with Crippen LogP contribution in [0.4, 0.5) is 0 Å². The molecule has 0 amide bonds. The van der Waals surface area contributed by atoms with Crippen molar-refractivity contribution in [3.8, 4) is 22.8 Å². The Morgan fingerprint density at radius 2 is 1.85 bits per heavy atom. The van der Waals surface area contributed by atoms with Gasteiger partial charge in [-0.2, -0.15) is 0 Å². The highest BCUT2D eigenvalue weighted by Crippen LogP contribution is 2.36. The molecule has 0 bridgehead atoms. The van der Waals surface area contributed by atoms with Gasteiger partial charge in [-0.05, 0) is 25.9 Å². The number of hydrogen-bond donors (Lipinski definition) is 1. The zero-order chi connectivity index (χ0) is 18.8. The maximum Gasteiger partial charge on any atom is 0.197 e. The lowest BCUT2D eigenvalue weighted by atomic mass is 10.0. The van der Waals surface area contributed by atoms with Crippen molar-refractivity contribution in [1.29, 1.82) is 0 Å². The second-order valence-electron chi connectivity index (χ2n) is 6.96. The van der Waals surface area contributed by atoms with Gasteiger partial charge >= 0.3 is 0 Å². The van der Waals surface area contributed by atoms with Crippen LogP contribution in [-0.2, 0) is 6.54 Å². The molecule has 0 aliphatic carbocycles. The minimum absolute atomic E-state index is 0.0956. The lowest BCUT2D eigenvalue weighted by molar-refractivity contribution is 0.218. The summed E-state index contributed by atoms with van der Waals surface area (Å²) in [6.07, 6.45) is 3.53. The molecule has 5 nitrogen and oxygen atoms in total. The Labute approximate surface area is 157 Å². The molecule has 1 N–H and O–H groups in total. The molecule has 0 unspecified atom stereocenters. The van der Waals surface area contributed by atoms with Crippen molar-refractivity contribution in [2.75, 3.05) is 20.2 Å². The molecule has 3 aromatic rings. The van der Waals surface area contributed by atoms with E-state index in [9.17, 15) is 9.90 Å². The molecular weight excluding hydrogens is 342 g/mol. The number of methoxy groups -OCH3 is 1. The maximum atomic E-state index is 12.9. The number of hydrogen-bond acceptors (Lipinski definition) is 5. The van der Waals surface area contributed by atoms with E-state index in [-0.39, 0.29) is 11.2 Å². The lowest BCUT2D eigenvalue weighted by Crippen LogP contribution is -2.29. The van der Waals surface area contributed by atoms with Crippen LogP contribution in [0.15, 0.2) is 51.7 Å². The van der Waals surface area contributed by atoms with Crippen LogP contribution in [-0.4, -0.2) is 30.2 Å². The molecule has 27 heavy (non-hydrogen) atoms. The van der Waals surface area contributed by atoms with E-state index in [1.807, 2.05) is 30.3 Å². The number of phenolic OH excluding ortho intramolecular Hbond substituents is 1. The van der Waals surface area contributed by atoms with E-state index >= 15 is 0 Å². The van der Waals surface area contributed by atoms with Crippen LogP contribution in [0.1, 0.15) is 24.8 Å². The molecule has 1 saturated heterocycles. The predicted molar refractivity (Wildman–Crippen MR) is 105 cm³/mol. The quantitative estimate of drug-likeness (QED) is 0.752. The Kier molecular flexibility index (Phi) is 4.86. The van der Waals surface area contributed by atoms with Crippen molar-refractivity contribution in [3.05, 3.63) is 58.3 Å². The molecule has 0 spiro atoms. The van der Waals surface area contributed by atoms with E-state index in [1.165, 1.54) is 25.7 Å². The Hall–Kier alpha value is -2.79. The van der Waals surface area contributed by atoms with E-state index in [4.69, 9.17) is 9.15 Å². The second kappa shape index (κ2) is 7.45. The predicted octanol–water partition coefficient (Wildman–Crippen LogP) is 4.16. The summed E-state index contributed by atoms with van der Waals surface area (Å²) in [5.41, 5.74) is 1.70. The Morgan fingerprint density at radius 3 is 2.56 bits per heavy atom. The summed E-state index contributed by atoms with van der Waals surface area (Å²) in [6, 6.07) is 12.5. The molecule has 5 heteroatoms. The molecule has 0 saturated carbocycles. The number of aromatic hydroxyl groups is 1. The normalized spacial score (nSPS) is 15.1. The average molecular weight is 365 g/mol. The van der Waals surface area contributed by atoms with Crippen molar-refractivity contribution < 1.29 is 14.3 Å². The zero-order valence-electron chi connectivity index (χ0n) is 15.4. The number of fused-ring (bicyclic) bond motifs is 1. The van der Waals surface area contributed by atoms with Gasteiger partial charge in [-0.1, -0.05) is 36.8 Å². The summed E-state index contributed by atoms with van der Waals surface area (Å²) in [5, 5.41) is 11.0. The van der Waals surface area contributed by atoms with Crippen LogP contribution in [0, 0.1) is 0 Å². The van der Waals surface area contributed by atoms with Crippen LogP contribution in [0.25, 0.3) is 22.3 Å². The van der Waals surface area contributed by atoms with Gasteiger partial charge < -0.3 is 14.3 Å². The van der Waals surface area contributed by atoms with Crippen molar-refractivity contribution in [3.63, 3.8) is 0 Å². The largest absolute Gasteiger partial charge is 0.507 e. The summed E-state index contributed by atoms with van der Waals surface area (Å²) in [6.45, 7) is 2.51. The SMILES string of the molecule is COc1cc(O)c(CN2CCCCC2)c2oc(-c3ccccc3)cc(=O)c12. The number of piperidine rings is 1. The molecule has 1 aliphatic heterocycles. The Balaban J connectivity index is 1.91. The minimum Gasteiger partial charge on any atom is -0.507 e. The number of rotatable bonds is 4. The summed E-state index contributed by atoms with van der Waals surface area (Å²) < 4.78 is 11.5. The van der Waals surface area contributed by atoms with E-state index < -0.39 is 0 Å². The summed E-state index contributed by atoms with van der Waals surface area (Å²) in [5.74, 6) is 0.914. The lowest BCUT2D eigenvalue weighted by Gasteiger charge is -2.27. The van der Waals surface area contributed by atoms with Gasteiger partial charge in [0.15, 0.2) is 11.0 Å². The molecule has 1 aliphatic rings. The van der Waals surface area contributed by atoms with E-state index in [1.54, 1.807) is 0 Å². The van der Waals surface area contributed by atoms with Gasteiger partial charge in [0, 0.05) is 24.2 Å². The Morgan fingerprint density at radius 1 is 1.11 bits per heavy atom. The van der Waals surface area contributed by atoms with E-state index in [2.05, 4.69) is 4.90 Å². The number of benzene rings is 2. The topological polar surface area (TPSA) is 62.9 Å². The fraction of sp³-hybridized carbons (Fsp3) is 0.318. The second-order valence-corrected chi connectivity index (χ2v) is 6.96. The highest BCUT2D eigenvalue weighted by Gasteiger charge is 2.21. The maximum absolute atomic E-state index is 12.9. The van der Waals surface area contributed by atoms with Gasteiger partial charge in [0.25, 0.3) is 0 Å². The first-order chi connectivity index (χ1) is 13.2. The van der Waals surface area contributed by atoms with Crippen LogP contribution in [0.5, 0.6) is 11.5 Å². The smallest absolute Gasteiger partial charge is 0.197 e. The van der Waals surface area contributed by atoms with Crippen LogP contribution >= 0.6 is 0 Å².